The molecule has 0 radical (unpaired) electrons. The molecule has 2 rings (SSSR count). The van der Waals surface area contributed by atoms with Gasteiger partial charge in [-0.05, 0) is 57.2 Å². The highest BCUT2D eigenvalue weighted by molar-refractivity contribution is 7.85. The summed E-state index contributed by atoms with van der Waals surface area (Å²) in [4.78, 5) is 17.1. The van der Waals surface area contributed by atoms with Crippen molar-refractivity contribution in [2.75, 3.05) is 12.3 Å². The average molecular weight is 435 g/mol. The van der Waals surface area contributed by atoms with E-state index in [1.54, 1.807) is 0 Å². The van der Waals surface area contributed by atoms with Crippen LogP contribution < -0.4 is 16.0 Å². The van der Waals surface area contributed by atoms with Gasteiger partial charge in [0.25, 0.3) is 5.91 Å². The van der Waals surface area contributed by atoms with Crippen LogP contribution in [0.5, 0.6) is 0 Å². The lowest BCUT2D eigenvalue weighted by Gasteiger charge is -2.30. The predicted molar refractivity (Wildman–Crippen MR) is 126 cm³/mol. The van der Waals surface area contributed by atoms with Crippen LogP contribution in [0.2, 0.25) is 0 Å². The van der Waals surface area contributed by atoms with E-state index >= 15 is 0 Å². The third kappa shape index (κ3) is 7.74. The van der Waals surface area contributed by atoms with Crippen LogP contribution in [-0.4, -0.2) is 45.7 Å². The number of nitrogens with zero attached hydrogens (tertiary/aromatic N) is 1. The first kappa shape index (κ1) is 24.4. The summed E-state index contributed by atoms with van der Waals surface area (Å²) in [5.74, 6) is 1.46. The third-order valence-corrected chi connectivity index (χ3v) is 7.31. The van der Waals surface area contributed by atoms with Crippen LogP contribution in [0.1, 0.15) is 75.7 Å². The molecule has 168 valence electrons. The van der Waals surface area contributed by atoms with E-state index in [-0.39, 0.29) is 17.2 Å². The summed E-state index contributed by atoms with van der Waals surface area (Å²) >= 11 is 0. The summed E-state index contributed by atoms with van der Waals surface area (Å²) in [5, 5.41) is 10.1. The third-order valence-electron chi connectivity index (χ3n) is 5.57. The summed E-state index contributed by atoms with van der Waals surface area (Å²) in [6.45, 7) is 9.38. The van der Waals surface area contributed by atoms with Crippen LogP contribution in [0.4, 0.5) is 0 Å². The molecule has 3 N–H and O–H groups in total. The van der Waals surface area contributed by atoms with Gasteiger partial charge in [0.1, 0.15) is 0 Å². The van der Waals surface area contributed by atoms with Gasteiger partial charge in [0.15, 0.2) is 5.96 Å². The number of carbonyl (C=O) groups is 1. The zero-order chi connectivity index (χ0) is 21.9. The molecule has 1 fully saturated rings. The van der Waals surface area contributed by atoms with Gasteiger partial charge in [0, 0.05) is 46.0 Å². The number of guanidine groups is 1. The van der Waals surface area contributed by atoms with Crippen molar-refractivity contribution in [3.05, 3.63) is 35.4 Å². The molecule has 0 aromatic heterocycles. The van der Waals surface area contributed by atoms with Crippen molar-refractivity contribution < 1.29 is 9.00 Å². The van der Waals surface area contributed by atoms with Crippen LogP contribution >= 0.6 is 0 Å². The van der Waals surface area contributed by atoms with E-state index in [0.29, 0.717) is 18.2 Å². The molecule has 4 atom stereocenters. The molecule has 1 amide bonds. The van der Waals surface area contributed by atoms with Crippen LogP contribution in [0.25, 0.3) is 0 Å². The highest BCUT2D eigenvalue weighted by atomic mass is 32.2. The van der Waals surface area contributed by atoms with Gasteiger partial charge in [-0.3, -0.25) is 9.00 Å². The molecule has 0 spiro atoms. The zero-order valence-corrected chi connectivity index (χ0v) is 19.7. The molecule has 1 aromatic rings. The summed E-state index contributed by atoms with van der Waals surface area (Å²) < 4.78 is 12.2. The summed E-state index contributed by atoms with van der Waals surface area (Å²) in [6.07, 6.45) is 5.06. The average Bonchev–Trinajstić information content (AvgIpc) is 2.77. The molecule has 30 heavy (non-hydrogen) atoms. The second-order valence-corrected chi connectivity index (χ2v) is 9.98. The minimum Gasteiger partial charge on any atom is -0.357 e. The van der Waals surface area contributed by atoms with E-state index in [9.17, 15) is 9.00 Å². The van der Waals surface area contributed by atoms with Crippen molar-refractivity contribution in [1.82, 2.24) is 16.0 Å². The summed E-state index contributed by atoms with van der Waals surface area (Å²) in [7, 11) is -0.737. The largest absolute Gasteiger partial charge is 0.357 e. The Bertz CT molecular complexity index is 738. The van der Waals surface area contributed by atoms with Gasteiger partial charge < -0.3 is 16.0 Å². The van der Waals surface area contributed by atoms with Crippen molar-refractivity contribution in [3.8, 4) is 0 Å². The fourth-order valence-electron chi connectivity index (χ4n) is 3.65. The number of aliphatic imine (C=N–C) groups is 1. The molecular weight excluding hydrogens is 396 g/mol. The van der Waals surface area contributed by atoms with Crippen molar-refractivity contribution in [2.24, 2.45) is 4.99 Å². The fraction of sp³-hybridized carbons (Fsp3) is 0.652. The van der Waals surface area contributed by atoms with Gasteiger partial charge in [-0.15, -0.1) is 0 Å². The molecule has 7 heteroatoms. The SMILES string of the molecule is CCNC(=NCc1cccc(C(=O)NC(C)CC)c1)NC1CCCC(S(=O)CC)C1. The highest BCUT2D eigenvalue weighted by Crippen LogP contribution is 2.23. The summed E-state index contributed by atoms with van der Waals surface area (Å²) in [5.41, 5.74) is 1.66. The van der Waals surface area contributed by atoms with E-state index in [1.165, 1.54) is 0 Å². The molecule has 0 saturated heterocycles. The molecule has 1 aromatic carbocycles. The minimum atomic E-state index is -0.737. The number of hydrogen-bond donors (Lipinski definition) is 3. The lowest BCUT2D eigenvalue weighted by molar-refractivity contribution is 0.0939. The number of benzene rings is 1. The molecule has 0 aliphatic heterocycles. The lowest BCUT2D eigenvalue weighted by Crippen LogP contribution is -2.46. The Labute approximate surface area is 184 Å². The second kappa shape index (κ2) is 12.7. The summed E-state index contributed by atoms with van der Waals surface area (Å²) in [6, 6.07) is 8.10. The maximum Gasteiger partial charge on any atom is 0.251 e. The van der Waals surface area contributed by atoms with Gasteiger partial charge in [0.2, 0.25) is 0 Å². The normalized spacial score (nSPS) is 21.5. The Morgan fingerprint density at radius 3 is 2.77 bits per heavy atom. The van der Waals surface area contributed by atoms with Crippen molar-refractivity contribution in [3.63, 3.8) is 0 Å². The van der Waals surface area contributed by atoms with Crippen molar-refractivity contribution in [1.29, 1.82) is 0 Å². The standard InChI is InChI=1S/C23H38N4O2S/c1-5-17(4)26-22(28)19-11-8-10-18(14-19)16-25-23(24-6-2)27-20-12-9-13-21(15-20)30(29)7-3/h8,10-11,14,17,20-21H,5-7,9,12-13,15-16H2,1-4H3,(H,26,28)(H2,24,25,27). The fourth-order valence-corrected chi connectivity index (χ4v) is 5.00. The van der Waals surface area contributed by atoms with E-state index in [0.717, 1.165) is 55.9 Å². The molecule has 0 heterocycles. The number of nitrogens with one attached hydrogen (secondary N) is 3. The number of hydrogen-bond acceptors (Lipinski definition) is 3. The number of carbonyl (C=O) groups excluding carboxylic acids is 1. The Morgan fingerprint density at radius 1 is 1.27 bits per heavy atom. The van der Waals surface area contributed by atoms with Crippen LogP contribution in [0.3, 0.4) is 0 Å². The van der Waals surface area contributed by atoms with E-state index in [4.69, 9.17) is 4.99 Å². The Hall–Kier alpha value is -1.89. The van der Waals surface area contributed by atoms with Crippen LogP contribution in [0, 0.1) is 0 Å². The molecule has 6 nitrogen and oxygen atoms in total. The van der Waals surface area contributed by atoms with Crippen LogP contribution in [0.15, 0.2) is 29.3 Å². The molecular formula is C23H38N4O2S. The first-order chi connectivity index (χ1) is 14.5. The van der Waals surface area contributed by atoms with Gasteiger partial charge in [-0.2, -0.15) is 0 Å². The van der Waals surface area contributed by atoms with Gasteiger partial charge >= 0.3 is 0 Å². The first-order valence-corrected chi connectivity index (χ1v) is 12.7. The van der Waals surface area contributed by atoms with Crippen LogP contribution in [-0.2, 0) is 17.3 Å². The number of rotatable bonds is 9. The van der Waals surface area contributed by atoms with Gasteiger partial charge in [-0.1, -0.05) is 32.4 Å². The smallest absolute Gasteiger partial charge is 0.251 e. The molecule has 1 aliphatic carbocycles. The van der Waals surface area contributed by atoms with Crippen molar-refractivity contribution >= 4 is 22.7 Å². The van der Waals surface area contributed by atoms with Gasteiger partial charge in [0.05, 0.1) is 6.54 Å². The molecule has 1 saturated carbocycles. The Kier molecular flexibility index (Phi) is 10.3. The topological polar surface area (TPSA) is 82.6 Å². The van der Waals surface area contributed by atoms with E-state index < -0.39 is 10.8 Å². The van der Waals surface area contributed by atoms with Crippen molar-refractivity contribution in [2.45, 2.75) is 83.7 Å². The predicted octanol–water partition coefficient (Wildman–Crippen LogP) is 3.35. The maximum absolute atomic E-state index is 12.4. The second-order valence-electron chi connectivity index (χ2n) is 7.98. The monoisotopic (exact) mass is 434 g/mol. The Balaban J connectivity index is 2.01. The number of amides is 1. The molecule has 1 aliphatic rings. The zero-order valence-electron chi connectivity index (χ0n) is 18.9. The minimum absolute atomic E-state index is 0.0441. The molecule has 0 bridgehead atoms. The lowest BCUT2D eigenvalue weighted by atomic mass is 9.95. The van der Waals surface area contributed by atoms with E-state index in [2.05, 4.69) is 22.9 Å². The van der Waals surface area contributed by atoms with Gasteiger partial charge in [-0.25, -0.2) is 4.99 Å². The quantitative estimate of drug-likeness (QED) is 0.411. The first-order valence-electron chi connectivity index (χ1n) is 11.3. The Morgan fingerprint density at radius 2 is 2.07 bits per heavy atom. The molecule has 4 unspecified atom stereocenters. The van der Waals surface area contributed by atoms with E-state index in [1.807, 2.05) is 45.0 Å². The highest BCUT2D eigenvalue weighted by Gasteiger charge is 2.26. The maximum atomic E-state index is 12.4.